The van der Waals surface area contributed by atoms with Gasteiger partial charge in [0.05, 0.1) is 12.8 Å². The van der Waals surface area contributed by atoms with Gasteiger partial charge < -0.3 is 20.0 Å². The van der Waals surface area contributed by atoms with E-state index in [-0.39, 0.29) is 5.91 Å². The number of carbonyl (C=O) groups excluding carboxylic acids is 3. The highest BCUT2D eigenvalue weighted by atomic mass is 32.1. The van der Waals surface area contributed by atoms with E-state index < -0.39 is 23.8 Å². The van der Waals surface area contributed by atoms with E-state index in [9.17, 15) is 19.5 Å². The van der Waals surface area contributed by atoms with Gasteiger partial charge in [0.25, 0.3) is 0 Å². The zero-order valence-electron chi connectivity index (χ0n) is 11.6. The first-order valence-corrected chi connectivity index (χ1v) is 7.60. The largest absolute Gasteiger partial charge is 0.550 e. The third kappa shape index (κ3) is 3.41. The molecule has 2 rings (SSSR count). The van der Waals surface area contributed by atoms with Crippen LogP contribution in [0, 0.1) is 11.8 Å². The summed E-state index contributed by atoms with van der Waals surface area (Å²) in [4.78, 5) is 35.3. The second kappa shape index (κ2) is 6.71. The summed E-state index contributed by atoms with van der Waals surface area (Å²) in [6, 6.07) is 1.60. The first-order chi connectivity index (χ1) is 10.0. The Labute approximate surface area is 126 Å². The Morgan fingerprint density at radius 1 is 1.29 bits per heavy atom. The van der Waals surface area contributed by atoms with Gasteiger partial charge in [0.2, 0.25) is 5.91 Å². The van der Waals surface area contributed by atoms with Crippen molar-refractivity contribution in [1.82, 2.24) is 0 Å². The zero-order valence-corrected chi connectivity index (χ0v) is 12.4. The highest BCUT2D eigenvalue weighted by Gasteiger charge is 2.32. The van der Waals surface area contributed by atoms with Crippen molar-refractivity contribution in [2.75, 3.05) is 12.4 Å². The highest BCUT2D eigenvalue weighted by Crippen LogP contribution is 2.32. The van der Waals surface area contributed by atoms with Crippen molar-refractivity contribution in [1.29, 1.82) is 0 Å². The van der Waals surface area contributed by atoms with E-state index in [1.807, 2.05) is 0 Å². The second-order valence-electron chi connectivity index (χ2n) is 4.96. The molecule has 0 aliphatic heterocycles. The summed E-state index contributed by atoms with van der Waals surface area (Å²) in [6.45, 7) is 0. The SMILES string of the molecule is COC(=O)c1sccc1NC(=O)[C@@H]1CCCC[C@@H]1C(=O)[O-]. The standard InChI is InChI=1S/C14H17NO5S/c1-20-14(19)11-10(6-7-21-11)15-12(16)8-4-2-3-5-9(8)13(17)18/h6-9H,2-5H2,1H3,(H,15,16)(H,17,18)/p-1/t8-,9+/m1/s1. The van der Waals surface area contributed by atoms with E-state index in [4.69, 9.17) is 0 Å². The fourth-order valence-corrected chi connectivity index (χ4v) is 3.38. The van der Waals surface area contributed by atoms with Gasteiger partial charge in [0.1, 0.15) is 4.88 Å². The Balaban J connectivity index is 2.12. The molecule has 7 heteroatoms. The van der Waals surface area contributed by atoms with Crippen molar-refractivity contribution in [3.63, 3.8) is 0 Å². The number of ether oxygens (including phenoxy) is 1. The zero-order chi connectivity index (χ0) is 15.4. The molecular formula is C14H16NO5S-. The molecule has 1 saturated carbocycles. The number of methoxy groups -OCH3 is 1. The van der Waals surface area contributed by atoms with Crippen molar-refractivity contribution in [3.8, 4) is 0 Å². The molecule has 1 amide bonds. The molecule has 21 heavy (non-hydrogen) atoms. The van der Waals surface area contributed by atoms with Gasteiger partial charge in [-0.05, 0) is 24.3 Å². The lowest BCUT2D eigenvalue weighted by atomic mass is 9.78. The lowest BCUT2D eigenvalue weighted by molar-refractivity contribution is -0.313. The Morgan fingerprint density at radius 2 is 1.95 bits per heavy atom. The molecule has 1 aliphatic carbocycles. The van der Waals surface area contributed by atoms with E-state index in [1.54, 1.807) is 11.4 Å². The van der Waals surface area contributed by atoms with Crippen LogP contribution in [0.2, 0.25) is 0 Å². The fraction of sp³-hybridized carbons (Fsp3) is 0.500. The van der Waals surface area contributed by atoms with E-state index in [0.29, 0.717) is 23.4 Å². The summed E-state index contributed by atoms with van der Waals surface area (Å²) in [6.07, 6.45) is 2.57. The number of carboxylic acids is 1. The van der Waals surface area contributed by atoms with E-state index in [0.717, 1.165) is 24.2 Å². The van der Waals surface area contributed by atoms with Crippen LogP contribution in [0.1, 0.15) is 35.4 Å². The summed E-state index contributed by atoms with van der Waals surface area (Å²) < 4.78 is 4.64. The molecule has 1 aromatic heterocycles. The molecular weight excluding hydrogens is 294 g/mol. The van der Waals surface area contributed by atoms with Crippen LogP contribution in [0.3, 0.4) is 0 Å². The number of nitrogens with one attached hydrogen (secondary N) is 1. The fourth-order valence-electron chi connectivity index (χ4n) is 2.61. The maximum Gasteiger partial charge on any atom is 0.350 e. The third-order valence-electron chi connectivity index (χ3n) is 3.70. The number of hydrogen-bond donors (Lipinski definition) is 1. The van der Waals surface area contributed by atoms with Crippen LogP contribution in [0.5, 0.6) is 0 Å². The minimum atomic E-state index is -1.19. The molecule has 2 atom stereocenters. The molecule has 0 unspecified atom stereocenters. The summed E-state index contributed by atoms with van der Waals surface area (Å²) in [7, 11) is 1.26. The summed E-state index contributed by atoms with van der Waals surface area (Å²) in [5.41, 5.74) is 0.361. The lowest BCUT2D eigenvalue weighted by Gasteiger charge is -2.31. The second-order valence-corrected chi connectivity index (χ2v) is 5.88. The van der Waals surface area contributed by atoms with Crippen LogP contribution in [0.25, 0.3) is 0 Å². The normalized spacial score (nSPS) is 21.6. The van der Waals surface area contributed by atoms with Crippen LogP contribution < -0.4 is 10.4 Å². The molecule has 1 N–H and O–H groups in total. The Morgan fingerprint density at radius 3 is 2.57 bits per heavy atom. The van der Waals surface area contributed by atoms with Crippen LogP contribution in [0.15, 0.2) is 11.4 Å². The molecule has 1 heterocycles. The number of amides is 1. The van der Waals surface area contributed by atoms with E-state index >= 15 is 0 Å². The summed E-state index contributed by atoms with van der Waals surface area (Å²) >= 11 is 1.16. The maximum atomic E-state index is 12.3. The molecule has 1 aromatic rings. The number of hydrogen-bond acceptors (Lipinski definition) is 6. The van der Waals surface area contributed by atoms with Crippen LogP contribution in [0.4, 0.5) is 5.69 Å². The van der Waals surface area contributed by atoms with E-state index in [2.05, 4.69) is 10.1 Å². The van der Waals surface area contributed by atoms with Crippen molar-refractivity contribution in [2.45, 2.75) is 25.7 Å². The molecule has 6 nitrogen and oxygen atoms in total. The number of aliphatic carboxylic acids is 1. The molecule has 0 aromatic carbocycles. The molecule has 1 aliphatic rings. The van der Waals surface area contributed by atoms with Gasteiger partial charge >= 0.3 is 5.97 Å². The van der Waals surface area contributed by atoms with Gasteiger partial charge in [-0.1, -0.05) is 12.8 Å². The van der Waals surface area contributed by atoms with Crippen molar-refractivity contribution in [2.24, 2.45) is 11.8 Å². The quantitative estimate of drug-likeness (QED) is 0.838. The van der Waals surface area contributed by atoms with Crippen LogP contribution in [-0.4, -0.2) is 25.0 Å². The van der Waals surface area contributed by atoms with Crippen LogP contribution >= 0.6 is 11.3 Å². The van der Waals surface area contributed by atoms with Gasteiger partial charge in [-0.15, -0.1) is 11.3 Å². The molecule has 0 saturated heterocycles. The Kier molecular flexibility index (Phi) is 4.95. The number of thiophene rings is 1. The van der Waals surface area contributed by atoms with Crippen molar-refractivity contribution >= 4 is 34.9 Å². The predicted octanol–water partition coefficient (Wildman–Crippen LogP) is 1.03. The number of carboxylic acid groups (broad SMARTS) is 1. The first-order valence-electron chi connectivity index (χ1n) is 6.72. The number of esters is 1. The molecule has 0 radical (unpaired) electrons. The average molecular weight is 310 g/mol. The Bertz CT molecular complexity index is 553. The van der Waals surface area contributed by atoms with Crippen LogP contribution in [-0.2, 0) is 14.3 Å². The average Bonchev–Trinajstić information content (AvgIpc) is 2.94. The third-order valence-corrected chi connectivity index (χ3v) is 4.59. The first kappa shape index (κ1) is 15.5. The highest BCUT2D eigenvalue weighted by molar-refractivity contribution is 7.12. The van der Waals surface area contributed by atoms with E-state index in [1.165, 1.54) is 7.11 Å². The van der Waals surface area contributed by atoms with Gasteiger partial charge in [-0.2, -0.15) is 0 Å². The topological polar surface area (TPSA) is 95.5 Å². The number of anilines is 1. The maximum absolute atomic E-state index is 12.3. The van der Waals surface area contributed by atoms with Gasteiger partial charge in [0.15, 0.2) is 0 Å². The monoisotopic (exact) mass is 310 g/mol. The molecule has 114 valence electrons. The van der Waals surface area contributed by atoms with Gasteiger partial charge in [-0.25, -0.2) is 4.79 Å². The Hall–Kier alpha value is -1.89. The predicted molar refractivity (Wildman–Crippen MR) is 74.7 cm³/mol. The van der Waals surface area contributed by atoms with Gasteiger partial charge in [0, 0.05) is 17.8 Å². The summed E-state index contributed by atoms with van der Waals surface area (Å²) in [5.74, 6) is -3.48. The lowest BCUT2D eigenvalue weighted by Crippen LogP contribution is -2.42. The number of rotatable bonds is 4. The molecule has 1 fully saturated rings. The van der Waals surface area contributed by atoms with Crippen molar-refractivity contribution < 1.29 is 24.2 Å². The minimum Gasteiger partial charge on any atom is -0.550 e. The molecule has 0 spiro atoms. The smallest absolute Gasteiger partial charge is 0.350 e. The number of carbonyl (C=O) groups is 3. The summed E-state index contributed by atoms with van der Waals surface area (Å²) in [5, 5.41) is 15.4. The molecule has 0 bridgehead atoms. The van der Waals surface area contributed by atoms with Crippen molar-refractivity contribution in [3.05, 3.63) is 16.3 Å². The minimum absolute atomic E-state index is 0.298. The van der Waals surface area contributed by atoms with Gasteiger partial charge in [-0.3, -0.25) is 4.79 Å².